The van der Waals surface area contributed by atoms with E-state index in [1.807, 2.05) is 30.3 Å². The molecule has 6 heteroatoms. The van der Waals surface area contributed by atoms with Crippen LogP contribution >= 0.6 is 11.6 Å². The van der Waals surface area contributed by atoms with Gasteiger partial charge in [-0.05, 0) is 12.5 Å². The number of alkyl halides is 1. The van der Waals surface area contributed by atoms with Crippen LogP contribution in [-0.2, 0) is 20.9 Å². The Morgan fingerprint density at radius 3 is 2.81 bits per heavy atom. The summed E-state index contributed by atoms with van der Waals surface area (Å²) in [5.74, 6) is -0.244. The van der Waals surface area contributed by atoms with Gasteiger partial charge in [0.1, 0.15) is 6.61 Å². The van der Waals surface area contributed by atoms with E-state index in [4.69, 9.17) is 21.1 Å². The van der Waals surface area contributed by atoms with Gasteiger partial charge in [-0.15, -0.1) is 11.6 Å². The van der Waals surface area contributed by atoms with E-state index in [1.54, 1.807) is 6.92 Å². The number of halogens is 1. The highest BCUT2D eigenvalue weighted by Gasteiger charge is 2.46. The molecule has 1 amide bonds. The van der Waals surface area contributed by atoms with Gasteiger partial charge < -0.3 is 14.8 Å². The predicted octanol–water partition coefficient (Wildman–Crippen LogP) is 2.13. The average Bonchev–Trinajstić information content (AvgIpc) is 2.87. The van der Waals surface area contributed by atoms with Crippen LogP contribution in [0.15, 0.2) is 30.3 Å². The number of hydrogen-bond acceptors (Lipinski definition) is 4. The van der Waals surface area contributed by atoms with Crippen LogP contribution in [0.1, 0.15) is 12.5 Å². The number of benzene rings is 1. The highest BCUT2D eigenvalue weighted by Crippen LogP contribution is 2.30. The first kappa shape index (κ1) is 15.8. The maximum absolute atomic E-state index is 11.9. The summed E-state index contributed by atoms with van der Waals surface area (Å²) < 4.78 is 10.5. The number of Topliss-reactive ketones (excluding diaryl/α,β-unsaturated/α-hetero) is 1. The molecule has 2 atom stereocenters. The predicted molar refractivity (Wildman–Crippen MR) is 78.2 cm³/mol. The summed E-state index contributed by atoms with van der Waals surface area (Å²) in [6.45, 7) is 2.45. The molecule has 1 saturated heterocycles. The molecule has 0 spiro atoms. The van der Waals surface area contributed by atoms with Gasteiger partial charge in [0.15, 0.2) is 5.78 Å². The van der Waals surface area contributed by atoms with Crippen molar-refractivity contribution in [2.24, 2.45) is 5.41 Å². The van der Waals surface area contributed by atoms with Crippen molar-refractivity contribution in [2.45, 2.75) is 19.6 Å². The Labute approximate surface area is 128 Å². The standard InChI is InChI=1S/C15H18ClNO4/c1-15(13(18)7-16)10-20-9-12(15)17-14(19)21-8-11-5-3-2-4-6-11/h2-6,12H,7-10H2,1H3,(H,17,19). The highest BCUT2D eigenvalue weighted by molar-refractivity contribution is 6.28. The van der Waals surface area contributed by atoms with Crippen molar-refractivity contribution in [2.75, 3.05) is 19.1 Å². The summed E-state index contributed by atoms with van der Waals surface area (Å²) in [5.41, 5.74) is 0.1000. The molecular weight excluding hydrogens is 294 g/mol. The van der Waals surface area contributed by atoms with Crippen molar-refractivity contribution in [3.8, 4) is 0 Å². The molecule has 2 rings (SSSR count). The largest absolute Gasteiger partial charge is 0.445 e. The van der Waals surface area contributed by atoms with Crippen molar-refractivity contribution >= 4 is 23.5 Å². The molecule has 0 aliphatic carbocycles. The number of rotatable bonds is 5. The minimum Gasteiger partial charge on any atom is -0.445 e. The molecule has 114 valence electrons. The Balaban J connectivity index is 1.88. The molecule has 0 bridgehead atoms. The molecule has 5 nitrogen and oxygen atoms in total. The fraction of sp³-hybridized carbons (Fsp3) is 0.467. The molecule has 0 saturated carbocycles. The van der Waals surface area contributed by atoms with Gasteiger partial charge in [-0.3, -0.25) is 4.79 Å². The van der Waals surface area contributed by atoms with Gasteiger partial charge in [-0.1, -0.05) is 30.3 Å². The van der Waals surface area contributed by atoms with Gasteiger partial charge >= 0.3 is 6.09 Å². The van der Waals surface area contributed by atoms with Crippen LogP contribution < -0.4 is 5.32 Å². The fourth-order valence-electron chi connectivity index (χ4n) is 2.21. The second kappa shape index (κ2) is 6.91. The fourth-order valence-corrected chi connectivity index (χ4v) is 2.51. The lowest BCUT2D eigenvalue weighted by Crippen LogP contribution is -2.50. The molecule has 1 heterocycles. The molecule has 1 aliphatic heterocycles. The highest BCUT2D eigenvalue weighted by atomic mass is 35.5. The van der Waals surface area contributed by atoms with Crippen LogP contribution in [0.5, 0.6) is 0 Å². The molecule has 1 aliphatic rings. The van der Waals surface area contributed by atoms with E-state index >= 15 is 0 Å². The van der Waals surface area contributed by atoms with E-state index in [0.717, 1.165) is 5.56 Å². The third kappa shape index (κ3) is 3.74. The van der Waals surface area contributed by atoms with E-state index in [-0.39, 0.29) is 31.5 Å². The Kier molecular flexibility index (Phi) is 5.20. The van der Waals surface area contributed by atoms with Crippen LogP contribution in [0.4, 0.5) is 4.79 Å². The Bertz CT molecular complexity index is 508. The minimum atomic E-state index is -0.798. The smallest absolute Gasteiger partial charge is 0.407 e. The summed E-state index contributed by atoms with van der Waals surface area (Å²) >= 11 is 5.62. The van der Waals surface area contributed by atoms with Crippen molar-refractivity contribution in [3.63, 3.8) is 0 Å². The lowest BCUT2D eigenvalue weighted by molar-refractivity contribution is -0.126. The molecule has 1 aromatic carbocycles. The van der Waals surface area contributed by atoms with Gasteiger partial charge in [-0.25, -0.2) is 4.79 Å². The van der Waals surface area contributed by atoms with Crippen LogP contribution in [0.3, 0.4) is 0 Å². The Morgan fingerprint density at radius 1 is 1.43 bits per heavy atom. The van der Waals surface area contributed by atoms with Crippen molar-refractivity contribution in [1.29, 1.82) is 0 Å². The van der Waals surface area contributed by atoms with Crippen molar-refractivity contribution < 1.29 is 19.1 Å². The number of ketones is 1. The maximum atomic E-state index is 11.9. The second-order valence-electron chi connectivity index (χ2n) is 5.25. The first-order chi connectivity index (χ1) is 10.1. The Hall–Kier alpha value is -1.59. The molecule has 0 radical (unpaired) electrons. The number of hydrogen-bond donors (Lipinski definition) is 1. The minimum absolute atomic E-state index is 0.100. The lowest BCUT2D eigenvalue weighted by Gasteiger charge is -2.27. The van der Waals surface area contributed by atoms with Crippen LogP contribution in [-0.4, -0.2) is 37.0 Å². The monoisotopic (exact) mass is 311 g/mol. The van der Waals surface area contributed by atoms with E-state index in [2.05, 4.69) is 5.32 Å². The van der Waals surface area contributed by atoms with Gasteiger partial charge in [0.25, 0.3) is 0 Å². The van der Waals surface area contributed by atoms with E-state index < -0.39 is 17.6 Å². The topological polar surface area (TPSA) is 64.6 Å². The quantitative estimate of drug-likeness (QED) is 0.846. The molecular formula is C15H18ClNO4. The third-order valence-corrected chi connectivity index (χ3v) is 3.96. The first-order valence-corrected chi connectivity index (χ1v) is 7.24. The summed E-state index contributed by atoms with van der Waals surface area (Å²) in [6, 6.07) is 8.95. The van der Waals surface area contributed by atoms with E-state index in [0.29, 0.717) is 0 Å². The average molecular weight is 312 g/mol. The molecule has 21 heavy (non-hydrogen) atoms. The number of carbonyl (C=O) groups is 2. The van der Waals surface area contributed by atoms with Gasteiger partial charge in [0.05, 0.1) is 30.6 Å². The SMILES string of the molecule is CC1(C(=O)CCl)COCC1NC(=O)OCc1ccccc1. The van der Waals surface area contributed by atoms with E-state index in [1.165, 1.54) is 0 Å². The normalized spacial score (nSPS) is 24.6. The van der Waals surface area contributed by atoms with Gasteiger partial charge in [0, 0.05) is 0 Å². The van der Waals surface area contributed by atoms with Gasteiger partial charge in [0.2, 0.25) is 0 Å². The number of carbonyl (C=O) groups excluding carboxylic acids is 2. The summed E-state index contributed by atoms with van der Waals surface area (Å²) in [5, 5.41) is 2.69. The van der Waals surface area contributed by atoms with Gasteiger partial charge in [-0.2, -0.15) is 0 Å². The molecule has 2 unspecified atom stereocenters. The van der Waals surface area contributed by atoms with Crippen LogP contribution in [0, 0.1) is 5.41 Å². The molecule has 1 fully saturated rings. The summed E-state index contributed by atoms with van der Waals surface area (Å²) in [6.07, 6.45) is -0.567. The van der Waals surface area contributed by atoms with Crippen molar-refractivity contribution in [1.82, 2.24) is 5.32 Å². The maximum Gasteiger partial charge on any atom is 0.407 e. The number of nitrogens with one attached hydrogen (secondary N) is 1. The molecule has 0 aromatic heterocycles. The second-order valence-corrected chi connectivity index (χ2v) is 5.52. The van der Waals surface area contributed by atoms with Crippen LogP contribution in [0.25, 0.3) is 0 Å². The number of alkyl carbamates (subject to hydrolysis) is 1. The number of ether oxygens (including phenoxy) is 2. The summed E-state index contributed by atoms with van der Waals surface area (Å²) in [4.78, 5) is 23.7. The van der Waals surface area contributed by atoms with Crippen LogP contribution in [0.2, 0.25) is 0 Å². The zero-order valence-corrected chi connectivity index (χ0v) is 12.6. The zero-order valence-electron chi connectivity index (χ0n) is 11.8. The van der Waals surface area contributed by atoms with E-state index in [9.17, 15) is 9.59 Å². The zero-order chi connectivity index (χ0) is 15.3. The number of amides is 1. The molecule has 1 aromatic rings. The summed E-state index contributed by atoms with van der Waals surface area (Å²) in [7, 11) is 0. The Morgan fingerprint density at radius 2 is 2.14 bits per heavy atom. The third-order valence-electron chi connectivity index (χ3n) is 3.72. The first-order valence-electron chi connectivity index (χ1n) is 6.70. The molecule has 1 N–H and O–H groups in total. The van der Waals surface area contributed by atoms with Crippen molar-refractivity contribution in [3.05, 3.63) is 35.9 Å². The lowest BCUT2D eigenvalue weighted by atomic mass is 9.81.